The lowest BCUT2D eigenvalue weighted by molar-refractivity contribution is 0.642. The normalized spacial score (nSPS) is 21.4. The van der Waals surface area contributed by atoms with E-state index in [1.807, 2.05) is 0 Å². The Balaban J connectivity index is 2.51. The molecule has 2 rings (SSSR count). The number of rotatable bonds is 1. The quantitative estimate of drug-likeness (QED) is 0.613. The van der Waals surface area contributed by atoms with E-state index in [0.717, 1.165) is 25.2 Å². The van der Waals surface area contributed by atoms with Crippen LogP contribution in [0.15, 0.2) is 15.7 Å². The number of aromatic amines is 1. The third-order valence-electron chi connectivity index (χ3n) is 2.68. The Morgan fingerprint density at radius 3 is 2.93 bits per heavy atom. The first-order valence-corrected chi connectivity index (χ1v) is 4.69. The van der Waals surface area contributed by atoms with Crippen LogP contribution in [0.4, 0.5) is 0 Å². The van der Waals surface area contributed by atoms with Gasteiger partial charge in [-0.2, -0.15) is 0 Å². The minimum Gasteiger partial charge on any atom is -0.316 e. The molecule has 76 valence electrons. The van der Waals surface area contributed by atoms with Gasteiger partial charge in [0.1, 0.15) is 0 Å². The zero-order chi connectivity index (χ0) is 10.1. The van der Waals surface area contributed by atoms with Crippen LogP contribution in [0, 0.1) is 0 Å². The molecule has 1 aliphatic rings. The first-order chi connectivity index (χ1) is 6.68. The summed E-state index contributed by atoms with van der Waals surface area (Å²) in [6, 6.07) is 1.51. The number of H-pyrrole nitrogens is 1. The number of nitrogens with zero attached hydrogens (tertiary/aromatic N) is 1. The van der Waals surface area contributed by atoms with Gasteiger partial charge in [-0.25, -0.2) is 4.79 Å². The van der Waals surface area contributed by atoms with E-state index in [9.17, 15) is 9.59 Å². The van der Waals surface area contributed by atoms with Gasteiger partial charge in [-0.3, -0.25) is 9.78 Å². The fourth-order valence-electron chi connectivity index (χ4n) is 1.87. The van der Waals surface area contributed by atoms with Crippen LogP contribution in [-0.2, 0) is 7.05 Å². The Bertz CT molecular complexity index is 440. The molecule has 0 spiro atoms. The average Bonchev–Trinajstić information content (AvgIpc) is 2.63. The summed E-state index contributed by atoms with van der Waals surface area (Å²) in [5.74, 6) is 0.287. The molecule has 0 aliphatic carbocycles. The van der Waals surface area contributed by atoms with E-state index in [2.05, 4.69) is 10.3 Å². The van der Waals surface area contributed by atoms with Crippen molar-refractivity contribution >= 4 is 0 Å². The first kappa shape index (κ1) is 9.21. The minimum absolute atomic E-state index is 0.287. The number of hydrogen-bond donors (Lipinski definition) is 2. The molecule has 1 fully saturated rings. The molecule has 1 saturated heterocycles. The van der Waals surface area contributed by atoms with Crippen molar-refractivity contribution in [3.05, 3.63) is 32.6 Å². The van der Waals surface area contributed by atoms with Gasteiger partial charge in [-0.15, -0.1) is 0 Å². The Hall–Kier alpha value is -1.36. The highest BCUT2D eigenvalue weighted by atomic mass is 16.2. The Morgan fingerprint density at radius 1 is 1.50 bits per heavy atom. The van der Waals surface area contributed by atoms with Crippen LogP contribution >= 0.6 is 0 Å². The molecule has 0 aromatic carbocycles. The van der Waals surface area contributed by atoms with Gasteiger partial charge in [0, 0.05) is 31.3 Å². The van der Waals surface area contributed by atoms with Gasteiger partial charge in [-0.05, 0) is 13.0 Å². The molecule has 0 bridgehead atoms. The molecular formula is C9H13N3O2. The van der Waals surface area contributed by atoms with E-state index in [0.29, 0.717) is 0 Å². The highest BCUT2D eigenvalue weighted by Gasteiger charge is 2.19. The monoisotopic (exact) mass is 195 g/mol. The fraction of sp³-hybridized carbons (Fsp3) is 0.556. The van der Waals surface area contributed by atoms with Crippen LogP contribution in [0.2, 0.25) is 0 Å². The van der Waals surface area contributed by atoms with Crippen LogP contribution in [0.25, 0.3) is 0 Å². The van der Waals surface area contributed by atoms with Crippen LogP contribution in [-0.4, -0.2) is 22.6 Å². The van der Waals surface area contributed by atoms with E-state index in [1.165, 1.54) is 10.6 Å². The molecule has 0 radical (unpaired) electrons. The second kappa shape index (κ2) is 3.42. The van der Waals surface area contributed by atoms with Gasteiger partial charge < -0.3 is 9.88 Å². The largest absolute Gasteiger partial charge is 0.328 e. The van der Waals surface area contributed by atoms with Crippen molar-refractivity contribution in [2.45, 2.75) is 12.3 Å². The highest BCUT2D eigenvalue weighted by molar-refractivity contribution is 5.10. The highest BCUT2D eigenvalue weighted by Crippen LogP contribution is 2.18. The van der Waals surface area contributed by atoms with Crippen molar-refractivity contribution in [3.8, 4) is 0 Å². The molecule has 5 nitrogen and oxygen atoms in total. The second-order valence-electron chi connectivity index (χ2n) is 3.61. The zero-order valence-corrected chi connectivity index (χ0v) is 8.04. The SMILES string of the molecule is Cn1c(C2CCNC2)cc(=O)[nH]c1=O. The summed E-state index contributed by atoms with van der Waals surface area (Å²) in [7, 11) is 1.69. The van der Waals surface area contributed by atoms with Crippen molar-refractivity contribution in [2.75, 3.05) is 13.1 Å². The number of nitrogens with one attached hydrogen (secondary N) is 2. The lowest BCUT2D eigenvalue weighted by Crippen LogP contribution is -2.31. The van der Waals surface area contributed by atoms with Gasteiger partial charge in [-0.1, -0.05) is 0 Å². The van der Waals surface area contributed by atoms with E-state index < -0.39 is 0 Å². The summed E-state index contributed by atoms with van der Waals surface area (Å²) in [5.41, 5.74) is 0.179. The van der Waals surface area contributed by atoms with Crippen molar-refractivity contribution in [1.82, 2.24) is 14.9 Å². The summed E-state index contributed by atoms with van der Waals surface area (Å²) in [4.78, 5) is 24.7. The molecule has 1 atom stereocenters. The van der Waals surface area contributed by atoms with Crippen molar-refractivity contribution in [1.29, 1.82) is 0 Å². The van der Waals surface area contributed by atoms with E-state index in [-0.39, 0.29) is 17.2 Å². The van der Waals surface area contributed by atoms with Crippen LogP contribution in [0.3, 0.4) is 0 Å². The summed E-state index contributed by atoms with van der Waals surface area (Å²) >= 11 is 0. The fourth-order valence-corrected chi connectivity index (χ4v) is 1.87. The van der Waals surface area contributed by atoms with E-state index >= 15 is 0 Å². The first-order valence-electron chi connectivity index (χ1n) is 4.69. The minimum atomic E-state index is -0.334. The molecule has 2 N–H and O–H groups in total. The number of hydrogen-bond acceptors (Lipinski definition) is 3. The third-order valence-corrected chi connectivity index (χ3v) is 2.68. The lowest BCUT2D eigenvalue weighted by atomic mass is 10.0. The van der Waals surface area contributed by atoms with Crippen molar-refractivity contribution in [2.24, 2.45) is 7.05 Å². The molecule has 0 amide bonds. The average molecular weight is 195 g/mol. The maximum atomic E-state index is 11.3. The standard InChI is InChI=1S/C9H13N3O2/c1-12-7(6-2-3-10-5-6)4-8(13)11-9(12)14/h4,6,10H,2-3,5H2,1H3,(H,11,13,14). The molecule has 1 aromatic rings. The molecule has 14 heavy (non-hydrogen) atoms. The summed E-state index contributed by atoms with van der Waals surface area (Å²) in [6.45, 7) is 1.79. The Morgan fingerprint density at radius 2 is 2.29 bits per heavy atom. The van der Waals surface area contributed by atoms with E-state index in [1.54, 1.807) is 7.05 Å². The topological polar surface area (TPSA) is 66.9 Å². The number of aromatic nitrogens is 2. The maximum Gasteiger partial charge on any atom is 0.328 e. The third kappa shape index (κ3) is 1.50. The Kier molecular flexibility index (Phi) is 2.25. The van der Waals surface area contributed by atoms with E-state index in [4.69, 9.17) is 0 Å². The summed E-state index contributed by atoms with van der Waals surface area (Å²) in [5, 5.41) is 3.21. The lowest BCUT2D eigenvalue weighted by Gasteiger charge is -2.12. The van der Waals surface area contributed by atoms with Crippen molar-refractivity contribution in [3.63, 3.8) is 0 Å². The summed E-state index contributed by atoms with van der Waals surface area (Å²) < 4.78 is 1.51. The Labute approximate surface area is 80.8 Å². The van der Waals surface area contributed by atoms with Gasteiger partial charge in [0.25, 0.3) is 5.56 Å². The van der Waals surface area contributed by atoms with Gasteiger partial charge in [0.2, 0.25) is 0 Å². The molecular weight excluding hydrogens is 182 g/mol. The maximum absolute atomic E-state index is 11.3. The van der Waals surface area contributed by atoms with Crippen LogP contribution in [0.1, 0.15) is 18.0 Å². The van der Waals surface area contributed by atoms with Gasteiger partial charge in [0.15, 0.2) is 0 Å². The molecule has 5 heteroatoms. The molecule has 2 heterocycles. The molecule has 0 saturated carbocycles. The molecule has 1 aliphatic heterocycles. The van der Waals surface area contributed by atoms with Gasteiger partial charge in [0.05, 0.1) is 0 Å². The second-order valence-corrected chi connectivity index (χ2v) is 3.61. The van der Waals surface area contributed by atoms with Crippen LogP contribution < -0.4 is 16.6 Å². The summed E-state index contributed by atoms with van der Waals surface area (Å²) in [6.07, 6.45) is 0.983. The van der Waals surface area contributed by atoms with Crippen LogP contribution in [0.5, 0.6) is 0 Å². The molecule has 1 aromatic heterocycles. The predicted molar refractivity (Wildman–Crippen MR) is 52.5 cm³/mol. The predicted octanol–water partition coefficient (Wildman–Crippen LogP) is -0.849. The smallest absolute Gasteiger partial charge is 0.316 e. The van der Waals surface area contributed by atoms with Gasteiger partial charge >= 0.3 is 5.69 Å². The molecule has 1 unspecified atom stereocenters. The van der Waals surface area contributed by atoms with Crippen molar-refractivity contribution < 1.29 is 0 Å². The zero-order valence-electron chi connectivity index (χ0n) is 8.04.